The van der Waals surface area contributed by atoms with Gasteiger partial charge in [-0.15, -0.1) is 0 Å². The van der Waals surface area contributed by atoms with Crippen molar-refractivity contribution in [2.75, 3.05) is 105 Å². The molecule has 12 amide bonds. The number of benzene rings is 1. The third kappa shape index (κ3) is 38.3. The van der Waals surface area contributed by atoms with Crippen LogP contribution in [0.15, 0.2) is 49.3 Å². The van der Waals surface area contributed by atoms with Crippen molar-refractivity contribution in [2.24, 2.45) is 5.73 Å². The number of imidazole rings is 2. The second-order valence-electron chi connectivity index (χ2n) is 24.0. The first kappa shape index (κ1) is 87.7. The summed E-state index contributed by atoms with van der Waals surface area (Å²) in [5.74, 6) is -16.0. The molecule has 42 heteroatoms. The van der Waals surface area contributed by atoms with Gasteiger partial charge in [-0.2, -0.15) is 0 Å². The van der Waals surface area contributed by atoms with Crippen molar-refractivity contribution in [3.05, 3.63) is 76.4 Å². The molecule has 105 heavy (non-hydrogen) atoms. The zero-order valence-corrected chi connectivity index (χ0v) is 58.2. The van der Waals surface area contributed by atoms with Crippen molar-refractivity contribution >= 4 is 100 Å². The minimum Gasteiger partial charge on any atom is -0.480 e. The van der Waals surface area contributed by atoms with Crippen LogP contribution in [-0.2, 0) is 89.6 Å². The number of unbranched alkanes of at least 4 members (excludes halogenated alkanes) is 2. The Kier molecular flexibility index (Phi) is 40.4. The van der Waals surface area contributed by atoms with Gasteiger partial charge in [0.2, 0.25) is 70.9 Å². The number of carbonyl (C=O) groups is 16. The van der Waals surface area contributed by atoms with Crippen LogP contribution < -0.4 is 64.2 Å². The molecule has 0 spiro atoms. The number of carboxylic acids is 4. The maximum atomic E-state index is 14.3. The quantitative estimate of drug-likeness (QED) is 0.0142. The first-order valence-corrected chi connectivity index (χ1v) is 33.5. The Morgan fingerprint density at radius 3 is 1.31 bits per heavy atom. The molecule has 0 saturated carbocycles. The SMILES string of the molecule is C[C@@H](NC(=O)C(CNC(=O)CN(CCN(CCN(CC(=O)O)CC(=O)O)CC(=O)O)CC(=O)O)c1ccccc1[N+](=O)[O-])C(=O)N[C@H](CCCCNC(=O)CNC(=O)CCC(=O)NCCc1cnc[nH]1)C(=O)N[C@H](C)C(=O)N[C@H](CCCCNC(=O)CNC(=O)CCC(=O)NCCc1cnc[nH]1)C(N)=O. The van der Waals surface area contributed by atoms with Crippen LogP contribution in [0, 0.1) is 10.1 Å². The van der Waals surface area contributed by atoms with Gasteiger partial charge in [-0.25, -0.2) is 9.97 Å². The molecule has 3 aromatic rings. The zero-order chi connectivity index (χ0) is 77.8. The highest BCUT2D eigenvalue weighted by molar-refractivity contribution is 5.96. The van der Waals surface area contributed by atoms with Gasteiger partial charge in [0.1, 0.15) is 24.2 Å². The second kappa shape index (κ2) is 48.3. The molecule has 0 saturated heterocycles. The molecular formula is C63H94N20O22. The van der Waals surface area contributed by atoms with E-state index in [0.717, 1.165) is 27.3 Å². The summed E-state index contributed by atoms with van der Waals surface area (Å²) in [6, 6.07) is -0.865. The van der Waals surface area contributed by atoms with Crippen LogP contribution in [0.4, 0.5) is 5.69 Å². The van der Waals surface area contributed by atoms with Crippen LogP contribution in [0.5, 0.6) is 0 Å². The number of para-hydroxylation sites is 1. The number of nitrogens with zero attached hydrogens (tertiary/aromatic N) is 6. The van der Waals surface area contributed by atoms with Crippen LogP contribution >= 0.6 is 0 Å². The van der Waals surface area contributed by atoms with Crippen molar-refractivity contribution < 1.29 is 102 Å². The topological polar surface area (TPSA) is 623 Å². The monoisotopic (exact) mass is 1480 g/mol. The van der Waals surface area contributed by atoms with Gasteiger partial charge >= 0.3 is 23.9 Å². The third-order valence-electron chi connectivity index (χ3n) is 15.5. The van der Waals surface area contributed by atoms with Crippen LogP contribution in [0.1, 0.15) is 101 Å². The molecule has 42 nitrogen and oxygen atoms in total. The van der Waals surface area contributed by atoms with Gasteiger partial charge in [0.15, 0.2) is 0 Å². The van der Waals surface area contributed by atoms with Crippen molar-refractivity contribution in [2.45, 2.75) is 121 Å². The molecule has 2 aromatic heterocycles. The Balaban J connectivity index is 1.69. The number of rotatable bonds is 55. The number of carboxylic acid groups (broad SMARTS) is 4. The standard InChI is InChI=1S/C63H94N20O22/c1-39(76-62(102)44(43-9-3-4-12-47(43)83(104)105)29-71-54(90)32-81(34-56(93)94)25-23-80(33-55(91)92)24-26-82(35-57(95)96)36-58(97)98)61(101)79-46(11-6-8-20-68-53(89)31-73-51(87)16-14-49(85)70-22-18-42-28-66-38-75-42)63(103)77-40(2)60(100)78-45(59(64)99)10-5-7-19-67-52(88)30-72-50(86)15-13-48(84)69-21-17-41-27-65-37-74-41/h3-4,9,12,27-28,37-40,44-46H,5-8,10-11,13-26,29-36H2,1-2H3,(H2,64,99)(H,65,74)(H,66,75)(H,67,88)(H,68,89)(H,69,84)(H,70,85)(H,71,90)(H,72,86)(H,73,87)(H,76,102)(H,77,103)(H,78,100)(H,79,101)(H,91,92)(H,93,94)(H,95,96)(H,97,98)/t39-,40-,44?,45-,46-/m1/s1. The van der Waals surface area contributed by atoms with E-state index >= 15 is 0 Å². The lowest BCUT2D eigenvalue weighted by Crippen LogP contribution is -2.57. The number of nitro groups is 1. The summed E-state index contributed by atoms with van der Waals surface area (Å²) in [7, 11) is 0. The lowest BCUT2D eigenvalue weighted by atomic mass is 9.95. The van der Waals surface area contributed by atoms with E-state index in [-0.39, 0.29) is 127 Å². The molecule has 0 aliphatic heterocycles. The highest BCUT2D eigenvalue weighted by Gasteiger charge is 2.33. The summed E-state index contributed by atoms with van der Waals surface area (Å²) in [4.78, 5) is 231. The Morgan fingerprint density at radius 2 is 0.876 bits per heavy atom. The van der Waals surface area contributed by atoms with E-state index in [2.05, 4.69) is 78.4 Å². The number of nitro benzene ring substituents is 1. The molecule has 578 valence electrons. The van der Waals surface area contributed by atoms with Gasteiger partial charge in [-0.05, 0) is 52.4 Å². The van der Waals surface area contributed by atoms with Gasteiger partial charge in [-0.1, -0.05) is 18.2 Å². The molecule has 0 aliphatic rings. The Labute approximate surface area is 601 Å². The number of aromatic amines is 2. The summed E-state index contributed by atoms with van der Waals surface area (Å²) in [6.45, 7) is -2.93. The lowest BCUT2D eigenvalue weighted by molar-refractivity contribution is -0.385. The number of aromatic nitrogens is 4. The van der Waals surface area contributed by atoms with E-state index in [1.807, 2.05) is 0 Å². The summed E-state index contributed by atoms with van der Waals surface area (Å²) in [6.07, 6.45) is 7.15. The van der Waals surface area contributed by atoms with Crippen molar-refractivity contribution in [3.8, 4) is 0 Å². The molecule has 2 heterocycles. The molecule has 0 bridgehead atoms. The van der Waals surface area contributed by atoms with E-state index in [1.54, 1.807) is 12.4 Å². The van der Waals surface area contributed by atoms with Crippen LogP contribution in [0.25, 0.3) is 0 Å². The molecule has 5 atom stereocenters. The van der Waals surface area contributed by atoms with E-state index in [1.165, 1.54) is 49.6 Å². The average Bonchev–Trinajstić information content (AvgIpc) is 1.17. The van der Waals surface area contributed by atoms with Crippen LogP contribution in [0.2, 0.25) is 0 Å². The number of nitrogens with two attached hydrogens (primary N) is 1. The van der Waals surface area contributed by atoms with Gasteiger partial charge < -0.3 is 94.6 Å². The summed E-state index contributed by atoms with van der Waals surface area (Å²) in [5.41, 5.74) is 6.39. The highest BCUT2D eigenvalue weighted by Crippen LogP contribution is 2.27. The molecule has 1 aromatic carbocycles. The smallest absolute Gasteiger partial charge is 0.317 e. The van der Waals surface area contributed by atoms with Crippen LogP contribution in [-0.4, -0.2) is 284 Å². The number of nitrogens with one attached hydrogen (secondary N) is 13. The first-order chi connectivity index (χ1) is 49.9. The predicted molar refractivity (Wildman–Crippen MR) is 366 cm³/mol. The fraction of sp³-hybridized carbons (Fsp3) is 0.556. The number of amides is 12. The van der Waals surface area contributed by atoms with E-state index < -0.39 is 169 Å². The summed E-state index contributed by atoms with van der Waals surface area (Å²) < 4.78 is 0. The third-order valence-corrected chi connectivity index (χ3v) is 15.5. The Bertz CT molecular complexity index is 3400. The first-order valence-electron chi connectivity index (χ1n) is 33.5. The largest absolute Gasteiger partial charge is 0.480 e. The number of carbonyl (C=O) groups excluding carboxylic acids is 12. The number of H-pyrrole nitrogens is 2. The predicted octanol–water partition coefficient (Wildman–Crippen LogP) is -5.97. The van der Waals surface area contributed by atoms with E-state index in [0.29, 0.717) is 25.9 Å². The lowest BCUT2D eigenvalue weighted by Gasteiger charge is -2.27. The minimum atomic E-state index is -1.65. The fourth-order valence-electron chi connectivity index (χ4n) is 9.91. The van der Waals surface area contributed by atoms with Crippen molar-refractivity contribution in [3.63, 3.8) is 0 Å². The molecule has 19 N–H and O–H groups in total. The summed E-state index contributed by atoms with van der Waals surface area (Å²) in [5, 5.41) is 77.7. The number of aliphatic carboxylic acids is 4. The van der Waals surface area contributed by atoms with Crippen molar-refractivity contribution in [1.82, 2.24) is 93.1 Å². The minimum absolute atomic E-state index is 0.0154. The fourth-order valence-corrected chi connectivity index (χ4v) is 9.91. The van der Waals surface area contributed by atoms with Crippen LogP contribution in [0.3, 0.4) is 0 Å². The number of primary amides is 1. The van der Waals surface area contributed by atoms with Gasteiger partial charge in [0, 0.05) is 133 Å². The van der Waals surface area contributed by atoms with E-state index in [4.69, 9.17) is 5.73 Å². The molecule has 0 radical (unpaired) electrons. The average molecular weight is 1480 g/mol. The van der Waals surface area contributed by atoms with Gasteiger partial charge in [0.05, 0.1) is 69.3 Å². The molecule has 0 aliphatic carbocycles. The Hall–Kier alpha value is -11.6. The zero-order valence-electron chi connectivity index (χ0n) is 58.2. The molecule has 0 fully saturated rings. The summed E-state index contributed by atoms with van der Waals surface area (Å²) >= 11 is 0. The molecule has 3 rings (SSSR count). The number of hydrogen-bond donors (Lipinski definition) is 18. The molecular weight excluding hydrogens is 1390 g/mol. The number of hydrogen-bond acceptors (Lipinski definition) is 23. The highest BCUT2D eigenvalue weighted by atomic mass is 16.6. The molecule has 1 unspecified atom stereocenters. The second-order valence-corrected chi connectivity index (χ2v) is 24.0. The Morgan fingerprint density at radius 1 is 0.476 bits per heavy atom. The van der Waals surface area contributed by atoms with E-state index in [9.17, 15) is 107 Å². The van der Waals surface area contributed by atoms with Crippen molar-refractivity contribution in [1.29, 1.82) is 0 Å². The maximum absolute atomic E-state index is 14.3. The maximum Gasteiger partial charge on any atom is 0.317 e. The van der Waals surface area contributed by atoms with Gasteiger partial charge in [-0.3, -0.25) is 102 Å². The normalized spacial score (nSPS) is 12.4. The van der Waals surface area contributed by atoms with Gasteiger partial charge in [0.25, 0.3) is 5.69 Å².